The van der Waals surface area contributed by atoms with Gasteiger partial charge in [-0.3, -0.25) is 14.9 Å². The SMILES string of the molecule is N[C@H](C(=O)O)c1ccc(O)c([N+](=O)[O-])c1. The van der Waals surface area contributed by atoms with E-state index in [1.165, 1.54) is 6.07 Å². The summed E-state index contributed by atoms with van der Waals surface area (Å²) in [5.74, 6) is -1.82. The van der Waals surface area contributed by atoms with Crippen LogP contribution in [0.15, 0.2) is 18.2 Å². The van der Waals surface area contributed by atoms with E-state index in [1.54, 1.807) is 0 Å². The molecule has 0 aromatic heterocycles. The molecule has 7 nitrogen and oxygen atoms in total. The first-order valence-electron chi connectivity index (χ1n) is 3.89. The first-order valence-corrected chi connectivity index (χ1v) is 3.89. The Hall–Kier alpha value is -2.15. The predicted octanol–water partition coefficient (Wildman–Crippen LogP) is 0.385. The minimum atomic E-state index is -1.34. The average Bonchev–Trinajstić information content (AvgIpc) is 2.16. The van der Waals surface area contributed by atoms with Crippen LogP contribution in [-0.4, -0.2) is 21.1 Å². The molecule has 0 heterocycles. The fraction of sp³-hybridized carbons (Fsp3) is 0.125. The van der Waals surface area contributed by atoms with Gasteiger partial charge in [0.1, 0.15) is 6.04 Å². The molecule has 7 heteroatoms. The normalized spacial score (nSPS) is 12.1. The van der Waals surface area contributed by atoms with Gasteiger partial charge in [-0.25, -0.2) is 0 Å². The standard InChI is InChI=1S/C8H8N2O5/c9-7(8(12)13)4-1-2-6(11)5(3-4)10(14)15/h1-3,7,11H,9H2,(H,12,13)/t7-/m0/s1. The lowest BCUT2D eigenvalue weighted by molar-refractivity contribution is -0.385. The number of hydrogen-bond acceptors (Lipinski definition) is 5. The molecule has 0 aliphatic carbocycles. The molecule has 0 radical (unpaired) electrons. The van der Waals surface area contributed by atoms with Crippen molar-refractivity contribution < 1.29 is 19.9 Å². The fourth-order valence-corrected chi connectivity index (χ4v) is 1.02. The van der Waals surface area contributed by atoms with E-state index in [9.17, 15) is 14.9 Å². The van der Waals surface area contributed by atoms with Crippen molar-refractivity contribution in [1.82, 2.24) is 0 Å². The number of nitro benzene ring substituents is 1. The number of phenolic OH excluding ortho intramolecular Hbond substituents is 1. The molecule has 0 aliphatic rings. The second kappa shape index (κ2) is 3.93. The number of nitro groups is 1. The number of aliphatic carboxylic acids is 1. The van der Waals surface area contributed by atoms with Gasteiger partial charge in [-0.1, -0.05) is 6.07 Å². The molecule has 0 unspecified atom stereocenters. The molecule has 0 aliphatic heterocycles. The summed E-state index contributed by atoms with van der Waals surface area (Å²) >= 11 is 0. The lowest BCUT2D eigenvalue weighted by Gasteiger charge is -2.06. The number of nitrogens with two attached hydrogens (primary N) is 1. The van der Waals surface area contributed by atoms with E-state index >= 15 is 0 Å². The molecule has 0 spiro atoms. The van der Waals surface area contributed by atoms with E-state index in [-0.39, 0.29) is 5.56 Å². The van der Waals surface area contributed by atoms with Gasteiger partial charge in [0, 0.05) is 6.07 Å². The van der Waals surface area contributed by atoms with Crippen LogP contribution < -0.4 is 5.73 Å². The van der Waals surface area contributed by atoms with Crippen molar-refractivity contribution >= 4 is 11.7 Å². The quantitative estimate of drug-likeness (QED) is 0.491. The van der Waals surface area contributed by atoms with Crippen molar-refractivity contribution in [2.24, 2.45) is 5.73 Å². The summed E-state index contributed by atoms with van der Waals surface area (Å²) in [7, 11) is 0. The number of carboxylic acids is 1. The summed E-state index contributed by atoms with van der Waals surface area (Å²) in [6, 6.07) is 1.86. The maximum Gasteiger partial charge on any atom is 0.325 e. The lowest BCUT2D eigenvalue weighted by Crippen LogP contribution is -2.20. The zero-order chi connectivity index (χ0) is 11.6. The van der Waals surface area contributed by atoms with Crippen LogP contribution in [0.25, 0.3) is 0 Å². The molecule has 0 amide bonds. The van der Waals surface area contributed by atoms with Crippen molar-refractivity contribution in [3.63, 3.8) is 0 Å². The van der Waals surface area contributed by atoms with E-state index in [0.29, 0.717) is 0 Å². The molecule has 1 rings (SSSR count). The van der Waals surface area contributed by atoms with Crippen molar-refractivity contribution in [2.75, 3.05) is 0 Å². The largest absolute Gasteiger partial charge is 0.502 e. The third-order valence-corrected chi connectivity index (χ3v) is 1.82. The minimum Gasteiger partial charge on any atom is -0.502 e. The van der Waals surface area contributed by atoms with Crippen molar-refractivity contribution in [3.05, 3.63) is 33.9 Å². The number of hydrogen-bond donors (Lipinski definition) is 3. The maximum atomic E-state index is 10.5. The molecule has 4 N–H and O–H groups in total. The highest BCUT2D eigenvalue weighted by Crippen LogP contribution is 2.28. The Morgan fingerprint density at radius 2 is 2.13 bits per heavy atom. The van der Waals surface area contributed by atoms with Gasteiger partial charge in [0.15, 0.2) is 5.75 Å². The van der Waals surface area contributed by atoms with E-state index in [2.05, 4.69) is 0 Å². The van der Waals surface area contributed by atoms with Crippen LogP contribution in [-0.2, 0) is 4.79 Å². The highest BCUT2D eigenvalue weighted by molar-refractivity contribution is 5.75. The summed E-state index contributed by atoms with van der Waals surface area (Å²) in [4.78, 5) is 20.1. The zero-order valence-corrected chi connectivity index (χ0v) is 7.45. The third kappa shape index (κ3) is 2.20. The Bertz CT molecular complexity index is 417. The monoisotopic (exact) mass is 212 g/mol. The number of carboxylic acid groups (broad SMARTS) is 1. The number of rotatable bonds is 3. The van der Waals surface area contributed by atoms with Crippen LogP contribution in [0.5, 0.6) is 5.75 Å². The number of nitrogens with zero attached hydrogens (tertiary/aromatic N) is 1. The minimum absolute atomic E-state index is 0.0620. The summed E-state index contributed by atoms with van der Waals surface area (Å²) in [6.07, 6.45) is 0. The molecule has 0 fully saturated rings. The van der Waals surface area contributed by atoms with Crippen molar-refractivity contribution in [1.29, 1.82) is 0 Å². The van der Waals surface area contributed by atoms with Gasteiger partial charge in [0.2, 0.25) is 0 Å². The smallest absolute Gasteiger partial charge is 0.325 e. The van der Waals surface area contributed by atoms with Crippen molar-refractivity contribution in [2.45, 2.75) is 6.04 Å². The number of aromatic hydroxyl groups is 1. The Morgan fingerprint density at radius 3 is 2.60 bits per heavy atom. The molecule has 0 saturated carbocycles. The number of carbonyl (C=O) groups is 1. The topological polar surface area (TPSA) is 127 Å². The van der Waals surface area contributed by atoms with Crippen LogP contribution in [0.3, 0.4) is 0 Å². The van der Waals surface area contributed by atoms with E-state index in [1.807, 2.05) is 0 Å². The molecule has 1 atom stereocenters. The molecule has 15 heavy (non-hydrogen) atoms. The molecular formula is C8H8N2O5. The first kappa shape index (κ1) is 10.9. The zero-order valence-electron chi connectivity index (χ0n) is 7.45. The van der Waals surface area contributed by atoms with E-state index < -0.39 is 28.4 Å². The molecular weight excluding hydrogens is 204 g/mol. The molecule has 1 aromatic carbocycles. The van der Waals surface area contributed by atoms with Crippen LogP contribution in [0.1, 0.15) is 11.6 Å². The summed E-state index contributed by atoms with van der Waals surface area (Å²) < 4.78 is 0. The predicted molar refractivity (Wildman–Crippen MR) is 49.3 cm³/mol. The Balaban J connectivity index is 3.18. The molecule has 0 saturated heterocycles. The number of benzene rings is 1. The van der Waals surface area contributed by atoms with Gasteiger partial charge < -0.3 is 15.9 Å². The van der Waals surface area contributed by atoms with E-state index in [0.717, 1.165) is 12.1 Å². The second-order valence-electron chi connectivity index (χ2n) is 2.82. The van der Waals surface area contributed by atoms with E-state index in [4.69, 9.17) is 15.9 Å². The van der Waals surface area contributed by atoms with Gasteiger partial charge in [-0.15, -0.1) is 0 Å². The van der Waals surface area contributed by atoms with Gasteiger partial charge in [0.25, 0.3) is 0 Å². The summed E-state index contributed by atoms with van der Waals surface area (Å²) in [5, 5.41) is 28.1. The fourth-order valence-electron chi connectivity index (χ4n) is 1.02. The Morgan fingerprint density at radius 1 is 1.53 bits per heavy atom. The van der Waals surface area contributed by atoms with Crippen LogP contribution in [0.2, 0.25) is 0 Å². The van der Waals surface area contributed by atoms with Crippen LogP contribution >= 0.6 is 0 Å². The molecule has 80 valence electrons. The molecule has 0 bridgehead atoms. The van der Waals surface area contributed by atoms with Gasteiger partial charge in [-0.2, -0.15) is 0 Å². The second-order valence-corrected chi connectivity index (χ2v) is 2.82. The average molecular weight is 212 g/mol. The van der Waals surface area contributed by atoms with Gasteiger partial charge in [0.05, 0.1) is 4.92 Å². The third-order valence-electron chi connectivity index (χ3n) is 1.82. The summed E-state index contributed by atoms with van der Waals surface area (Å²) in [5.41, 5.74) is 4.75. The highest BCUT2D eigenvalue weighted by Gasteiger charge is 2.20. The van der Waals surface area contributed by atoms with Crippen LogP contribution in [0.4, 0.5) is 5.69 Å². The Labute approximate surface area is 83.9 Å². The first-order chi connectivity index (χ1) is 6.93. The maximum absolute atomic E-state index is 10.5. The van der Waals surface area contributed by atoms with Crippen molar-refractivity contribution in [3.8, 4) is 5.75 Å². The Kier molecular flexibility index (Phi) is 2.86. The number of phenols is 1. The van der Waals surface area contributed by atoms with Gasteiger partial charge in [-0.05, 0) is 11.6 Å². The lowest BCUT2D eigenvalue weighted by atomic mass is 10.1. The van der Waals surface area contributed by atoms with Crippen LogP contribution in [0, 0.1) is 10.1 Å². The summed E-state index contributed by atoms with van der Waals surface area (Å²) in [6.45, 7) is 0. The van der Waals surface area contributed by atoms with Gasteiger partial charge >= 0.3 is 11.7 Å². The highest BCUT2D eigenvalue weighted by atomic mass is 16.6. The molecule has 1 aromatic rings.